The molecule has 1 aromatic rings. The second-order valence-electron chi connectivity index (χ2n) is 8.46. The van der Waals surface area contributed by atoms with Crippen molar-refractivity contribution in [3.63, 3.8) is 0 Å². The fraction of sp³-hybridized carbons (Fsp3) is 0.611. The molecule has 0 amide bonds. The zero-order chi connectivity index (χ0) is 21.4. The van der Waals surface area contributed by atoms with Crippen LogP contribution in [0.15, 0.2) is 16.6 Å². The van der Waals surface area contributed by atoms with Crippen molar-refractivity contribution in [2.45, 2.75) is 58.6 Å². The van der Waals surface area contributed by atoms with Crippen LogP contribution in [0.3, 0.4) is 0 Å². The molecule has 1 atom stereocenters. The number of ether oxygens (including phenoxy) is 1. The van der Waals surface area contributed by atoms with Gasteiger partial charge in [0.15, 0.2) is 5.75 Å². The molecule has 154 valence electrons. The van der Waals surface area contributed by atoms with Crippen LogP contribution in [-0.4, -0.2) is 38.4 Å². The number of carbonyl (C=O) groups is 1. The normalized spacial score (nSPS) is 14.2. The number of nitrogens with zero attached hydrogens (tertiary/aromatic N) is 1. The Morgan fingerprint density at radius 1 is 1.15 bits per heavy atom. The molecule has 1 rings (SSSR count). The Morgan fingerprint density at radius 2 is 1.67 bits per heavy atom. The van der Waals surface area contributed by atoms with Crippen molar-refractivity contribution in [1.82, 2.24) is 4.31 Å². The van der Waals surface area contributed by atoms with E-state index in [1.54, 1.807) is 32.9 Å². The fourth-order valence-corrected chi connectivity index (χ4v) is 3.25. The van der Waals surface area contributed by atoms with Crippen LogP contribution in [0.5, 0.6) is 5.75 Å². The molecule has 1 unspecified atom stereocenters. The van der Waals surface area contributed by atoms with E-state index in [1.807, 2.05) is 20.8 Å². The number of esters is 1. The maximum Gasteiger partial charge on any atom is 0.384 e. The van der Waals surface area contributed by atoms with Gasteiger partial charge in [0, 0.05) is 19.7 Å². The van der Waals surface area contributed by atoms with Crippen molar-refractivity contribution in [3.05, 3.63) is 27.7 Å². The zero-order valence-electron chi connectivity index (χ0n) is 17.1. The lowest BCUT2D eigenvalue weighted by molar-refractivity contribution is -0.156. The van der Waals surface area contributed by atoms with E-state index in [2.05, 4.69) is 15.9 Å². The van der Waals surface area contributed by atoms with E-state index >= 15 is 0 Å². The highest BCUT2D eigenvalue weighted by atomic mass is 79.9. The minimum absolute atomic E-state index is 0.0324. The maximum absolute atomic E-state index is 12.5. The lowest BCUT2D eigenvalue weighted by atomic mass is 9.85. The molecule has 0 aromatic heterocycles. The summed E-state index contributed by atoms with van der Waals surface area (Å²) in [5.74, 6) is -0.706. The van der Waals surface area contributed by atoms with E-state index in [-0.39, 0.29) is 16.7 Å². The van der Waals surface area contributed by atoms with Gasteiger partial charge in [-0.05, 0) is 59.8 Å². The molecule has 0 aliphatic heterocycles. The molecule has 0 saturated heterocycles. The van der Waals surface area contributed by atoms with Crippen molar-refractivity contribution in [1.29, 1.82) is 0 Å². The second kappa shape index (κ2) is 8.06. The third-order valence-corrected chi connectivity index (χ3v) is 5.43. The third kappa shape index (κ3) is 6.44. The van der Waals surface area contributed by atoms with E-state index < -0.39 is 27.9 Å². The van der Waals surface area contributed by atoms with Gasteiger partial charge < -0.3 is 14.7 Å². The predicted octanol–water partition coefficient (Wildman–Crippen LogP) is 3.27. The first-order valence-electron chi connectivity index (χ1n) is 8.40. The summed E-state index contributed by atoms with van der Waals surface area (Å²) < 4.78 is 36.4. The highest BCUT2D eigenvalue weighted by Crippen LogP contribution is 2.39. The molecule has 0 heterocycles. The molecule has 0 aliphatic carbocycles. The van der Waals surface area contributed by atoms with Crippen LogP contribution in [0.25, 0.3) is 0 Å². The fourth-order valence-electron chi connectivity index (χ4n) is 2.04. The molecule has 7 nitrogen and oxygen atoms in total. The van der Waals surface area contributed by atoms with Crippen molar-refractivity contribution >= 4 is 32.2 Å². The number of carbonyl (C=O) groups excluding carboxylic acids is 1. The number of hydrogen-bond donors (Lipinski definition) is 1. The number of benzene rings is 1. The first kappa shape index (κ1) is 23.9. The predicted molar refractivity (Wildman–Crippen MR) is 109 cm³/mol. The monoisotopic (exact) mass is 464 g/mol. The molecule has 0 spiro atoms. The summed E-state index contributed by atoms with van der Waals surface area (Å²) in [6.45, 7) is 11.2. The molecule has 0 bridgehead atoms. The van der Waals surface area contributed by atoms with Gasteiger partial charge in [-0.3, -0.25) is 0 Å². The molecular weight excluding hydrogens is 436 g/mol. The van der Waals surface area contributed by atoms with Crippen LogP contribution in [0.4, 0.5) is 0 Å². The number of hydrogen-bond acceptors (Lipinski definition) is 6. The minimum atomic E-state index is -4.04. The van der Waals surface area contributed by atoms with Crippen LogP contribution in [0.1, 0.15) is 58.7 Å². The summed E-state index contributed by atoms with van der Waals surface area (Å²) in [5.41, 5.74) is 6.24. The Bertz CT molecular complexity index is 808. The quantitative estimate of drug-likeness (QED) is 0.671. The summed E-state index contributed by atoms with van der Waals surface area (Å²) in [6, 6.07) is 2.22. The third-order valence-electron chi connectivity index (χ3n) is 3.57. The van der Waals surface area contributed by atoms with Gasteiger partial charge in [0.05, 0.1) is 4.47 Å². The van der Waals surface area contributed by atoms with Crippen molar-refractivity contribution in [2.75, 3.05) is 14.1 Å². The Labute approximate surface area is 170 Å². The number of halogens is 1. The Morgan fingerprint density at radius 3 is 2.07 bits per heavy atom. The van der Waals surface area contributed by atoms with Gasteiger partial charge in [0.2, 0.25) is 0 Å². The van der Waals surface area contributed by atoms with Gasteiger partial charge in [-0.2, -0.15) is 12.7 Å². The van der Waals surface area contributed by atoms with E-state index in [1.165, 1.54) is 14.1 Å². The summed E-state index contributed by atoms with van der Waals surface area (Å²) in [5, 5.41) is 0. The van der Waals surface area contributed by atoms with Gasteiger partial charge in [0.25, 0.3) is 0 Å². The molecule has 1 aromatic carbocycles. The van der Waals surface area contributed by atoms with Gasteiger partial charge >= 0.3 is 16.3 Å². The van der Waals surface area contributed by atoms with Crippen LogP contribution in [0.2, 0.25) is 0 Å². The summed E-state index contributed by atoms with van der Waals surface area (Å²) in [7, 11) is -1.35. The standard InChI is InChI=1S/C18H29BrN2O5S/c1-17(2,3)11-9-12(14(20)16(22)25-18(4,5)6)15(13(19)10-11)26-27(23,24)21(7)8/h9-10,14H,20H2,1-8H3. The molecular formula is C18H29BrN2O5S. The van der Waals surface area contributed by atoms with E-state index in [0.29, 0.717) is 4.47 Å². The molecule has 0 saturated carbocycles. The SMILES string of the molecule is CN(C)S(=O)(=O)Oc1c(Br)cc(C(C)(C)C)cc1C(N)C(=O)OC(C)(C)C. The molecule has 0 radical (unpaired) electrons. The van der Waals surface area contributed by atoms with E-state index in [9.17, 15) is 13.2 Å². The average molecular weight is 465 g/mol. The summed E-state index contributed by atoms with van der Waals surface area (Å²) in [4.78, 5) is 12.5. The highest BCUT2D eigenvalue weighted by molar-refractivity contribution is 9.10. The lowest BCUT2D eigenvalue weighted by Gasteiger charge is -2.26. The molecule has 9 heteroatoms. The molecule has 2 N–H and O–H groups in total. The minimum Gasteiger partial charge on any atom is -0.459 e. The maximum atomic E-state index is 12.5. The second-order valence-corrected chi connectivity index (χ2v) is 11.1. The van der Waals surface area contributed by atoms with Crippen LogP contribution < -0.4 is 9.92 Å². The smallest absolute Gasteiger partial charge is 0.384 e. The lowest BCUT2D eigenvalue weighted by Crippen LogP contribution is -2.33. The number of nitrogens with two attached hydrogens (primary N) is 1. The Hall–Kier alpha value is -1.16. The van der Waals surface area contributed by atoms with Crippen LogP contribution in [-0.2, 0) is 25.3 Å². The largest absolute Gasteiger partial charge is 0.459 e. The molecule has 0 fully saturated rings. The topological polar surface area (TPSA) is 98.9 Å². The average Bonchev–Trinajstić information content (AvgIpc) is 2.45. The zero-order valence-corrected chi connectivity index (χ0v) is 19.5. The summed E-state index contributed by atoms with van der Waals surface area (Å²) in [6.07, 6.45) is 0. The van der Waals surface area contributed by atoms with Crippen LogP contribution in [0, 0.1) is 0 Å². The van der Waals surface area contributed by atoms with Gasteiger partial charge in [-0.25, -0.2) is 4.79 Å². The van der Waals surface area contributed by atoms with Gasteiger partial charge in [0.1, 0.15) is 11.6 Å². The van der Waals surface area contributed by atoms with E-state index in [4.69, 9.17) is 14.7 Å². The number of rotatable bonds is 5. The van der Waals surface area contributed by atoms with Crippen molar-refractivity contribution in [2.24, 2.45) is 5.73 Å². The van der Waals surface area contributed by atoms with Crippen molar-refractivity contribution < 1.29 is 22.1 Å². The van der Waals surface area contributed by atoms with Crippen molar-refractivity contribution in [3.8, 4) is 5.75 Å². The van der Waals surface area contributed by atoms with Crippen LogP contribution >= 0.6 is 15.9 Å². The molecule has 27 heavy (non-hydrogen) atoms. The first-order chi connectivity index (χ1) is 12.0. The first-order valence-corrected chi connectivity index (χ1v) is 10.6. The van der Waals surface area contributed by atoms with E-state index in [0.717, 1.165) is 9.87 Å². The Kier molecular flexibility index (Phi) is 7.13. The highest BCUT2D eigenvalue weighted by Gasteiger charge is 2.31. The molecule has 0 aliphatic rings. The Balaban J connectivity index is 3.57. The van der Waals surface area contributed by atoms with Gasteiger partial charge in [-0.1, -0.05) is 20.8 Å². The summed E-state index contributed by atoms with van der Waals surface area (Å²) >= 11 is 3.36. The van der Waals surface area contributed by atoms with Gasteiger partial charge in [-0.15, -0.1) is 0 Å².